The maximum absolute atomic E-state index is 13.5. The number of unbranched alkanes of at least 4 members (excludes halogenated alkanes) is 35. The van der Waals surface area contributed by atoms with Gasteiger partial charge in [-0.2, -0.15) is 0 Å². The van der Waals surface area contributed by atoms with Crippen LogP contribution < -0.4 is 5.32 Å². The van der Waals surface area contributed by atoms with Crippen LogP contribution in [0.25, 0.3) is 0 Å². The fraction of sp³-hybridized carbons (Fsp3) is 0.806. The van der Waals surface area contributed by atoms with Gasteiger partial charge in [-0.05, 0) is 96.3 Å². The third kappa shape index (κ3) is 46.9. The molecule has 1 aliphatic rings. The van der Waals surface area contributed by atoms with Crippen LogP contribution in [0, 0.1) is 0 Å². The molecule has 11 nitrogen and oxygen atoms in total. The lowest BCUT2D eigenvalue weighted by Crippen LogP contribution is -2.61. The second-order valence-corrected chi connectivity index (χ2v) is 23.9. The van der Waals surface area contributed by atoms with E-state index in [4.69, 9.17) is 14.2 Å². The van der Waals surface area contributed by atoms with Crippen molar-refractivity contribution in [3.63, 3.8) is 0 Å². The van der Waals surface area contributed by atoms with E-state index in [0.717, 1.165) is 89.9 Å². The monoisotopic (exact) mass is 1170 g/mol. The molecule has 1 heterocycles. The molecule has 1 fully saturated rings. The van der Waals surface area contributed by atoms with E-state index in [1.54, 1.807) is 6.08 Å². The smallest absolute Gasteiger partial charge is 0.306 e. The Morgan fingerprint density at radius 3 is 1.27 bits per heavy atom. The first kappa shape index (κ1) is 78.1. The Morgan fingerprint density at radius 2 is 0.831 bits per heavy atom. The van der Waals surface area contributed by atoms with Gasteiger partial charge in [-0.25, -0.2) is 0 Å². The van der Waals surface area contributed by atoms with Gasteiger partial charge in [-0.15, -0.1) is 0 Å². The van der Waals surface area contributed by atoms with Crippen LogP contribution in [0.2, 0.25) is 0 Å². The first-order chi connectivity index (χ1) is 40.7. The van der Waals surface area contributed by atoms with Crippen molar-refractivity contribution in [2.24, 2.45) is 0 Å². The summed E-state index contributed by atoms with van der Waals surface area (Å²) in [7, 11) is 0. The van der Waals surface area contributed by atoms with Gasteiger partial charge in [0.05, 0.1) is 25.4 Å². The summed E-state index contributed by atoms with van der Waals surface area (Å²) in [5.74, 6) is -1.21. The molecule has 1 rings (SSSR count). The Bertz CT molecular complexity index is 1630. The zero-order valence-electron chi connectivity index (χ0n) is 53.6. The first-order valence-corrected chi connectivity index (χ1v) is 34.7. The van der Waals surface area contributed by atoms with Crippen molar-refractivity contribution in [3.05, 3.63) is 72.9 Å². The number of ether oxygens (including phenoxy) is 3. The van der Waals surface area contributed by atoms with Gasteiger partial charge in [0.25, 0.3) is 0 Å². The van der Waals surface area contributed by atoms with E-state index in [9.17, 15) is 35.1 Å². The van der Waals surface area contributed by atoms with Gasteiger partial charge < -0.3 is 45.1 Å². The number of hydrogen-bond acceptors (Lipinski definition) is 10. The molecule has 0 bridgehead atoms. The summed E-state index contributed by atoms with van der Waals surface area (Å²) < 4.78 is 17.7. The van der Waals surface area contributed by atoms with E-state index in [-0.39, 0.29) is 19.4 Å². The molecule has 0 aromatic rings. The predicted molar refractivity (Wildman–Crippen MR) is 347 cm³/mol. The van der Waals surface area contributed by atoms with Gasteiger partial charge in [0.15, 0.2) is 12.4 Å². The van der Waals surface area contributed by atoms with E-state index in [2.05, 4.69) is 86.8 Å². The lowest BCUT2D eigenvalue weighted by molar-refractivity contribution is -0.305. The van der Waals surface area contributed by atoms with Crippen molar-refractivity contribution in [1.29, 1.82) is 0 Å². The molecule has 1 amide bonds. The third-order valence-electron chi connectivity index (χ3n) is 16.1. The summed E-state index contributed by atoms with van der Waals surface area (Å²) in [6.07, 6.45) is 66.5. The molecule has 8 atom stereocenters. The molecule has 0 spiro atoms. The molecule has 6 N–H and O–H groups in total. The Balaban J connectivity index is 2.61. The maximum Gasteiger partial charge on any atom is 0.306 e. The molecule has 0 aliphatic carbocycles. The van der Waals surface area contributed by atoms with Gasteiger partial charge in [0.2, 0.25) is 5.91 Å². The Labute approximate surface area is 509 Å². The van der Waals surface area contributed by atoms with Gasteiger partial charge in [-0.1, -0.05) is 280 Å². The molecule has 1 aliphatic heterocycles. The van der Waals surface area contributed by atoms with Crippen molar-refractivity contribution in [3.8, 4) is 0 Å². The molecule has 482 valence electrons. The third-order valence-corrected chi connectivity index (χ3v) is 16.1. The minimum atomic E-state index is -1.63. The number of rotatable bonds is 59. The number of carbonyl (C=O) groups excluding carboxylic acids is 2. The Hall–Kier alpha value is -2.90. The van der Waals surface area contributed by atoms with Crippen LogP contribution in [0.3, 0.4) is 0 Å². The van der Waals surface area contributed by atoms with Crippen LogP contribution in [-0.2, 0) is 23.8 Å². The number of nitrogens with one attached hydrogen (secondary N) is 1. The fourth-order valence-corrected chi connectivity index (χ4v) is 10.6. The summed E-state index contributed by atoms with van der Waals surface area (Å²) in [5.41, 5.74) is 0. The molecule has 83 heavy (non-hydrogen) atoms. The minimum absolute atomic E-state index is 0.0970. The van der Waals surface area contributed by atoms with Crippen LogP contribution in [0.1, 0.15) is 310 Å². The summed E-state index contributed by atoms with van der Waals surface area (Å²) in [6, 6.07) is -1.03. The number of aliphatic hydroxyl groups excluding tert-OH is 5. The SMILES string of the molecule is CCCCC/C=C\C/C=C\C/C=C\CCCCCCC(=O)OC1C(OCC(NC(=O)C(O)CCCCCCCCCCCCCCCC/C=C\C/C=C\CCCCC)C(O)/C=C/CCCCCCCCCCCCC)OC(CO)C(O)C1O. The molecular formula is C72H129NO10. The first-order valence-electron chi connectivity index (χ1n) is 34.7. The predicted octanol–water partition coefficient (Wildman–Crippen LogP) is 17.5. The Kier molecular flexibility index (Phi) is 55.9. The van der Waals surface area contributed by atoms with E-state index in [0.29, 0.717) is 12.8 Å². The number of hydrogen-bond donors (Lipinski definition) is 6. The van der Waals surface area contributed by atoms with E-state index in [1.165, 1.54) is 173 Å². The standard InChI is InChI=1S/C72H129NO10/c1-4-7-10-13-16-19-22-25-27-29-30-31-32-33-34-35-37-38-41-44-47-50-53-56-59-65(76)71(80)73-63(64(75)58-55-52-49-46-43-40-24-21-18-15-12-9-6-3)62-81-72-70(69(79)68(78)66(61-74)82-72)83-67(77)60-57-54-51-48-45-42-39-36-28-26-23-20-17-14-11-8-5-2/h16-17,19-20,25-28,39,42,55,58,63-66,68-70,72,74-76,78-79H,4-15,18,21-24,29-38,40-41,43-54,56-57,59-62H2,1-3H3,(H,73,80)/b19-16-,20-17-,27-25-,28-26-,42-39-,58-55+. The summed E-state index contributed by atoms with van der Waals surface area (Å²) in [5, 5.41) is 57.2. The highest BCUT2D eigenvalue weighted by atomic mass is 16.7. The zero-order valence-corrected chi connectivity index (χ0v) is 53.6. The molecule has 8 unspecified atom stereocenters. The number of amides is 1. The van der Waals surface area contributed by atoms with Crippen LogP contribution in [0.15, 0.2) is 72.9 Å². The Morgan fingerprint density at radius 1 is 0.470 bits per heavy atom. The van der Waals surface area contributed by atoms with Crippen molar-refractivity contribution in [2.75, 3.05) is 13.2 Å². The van der Waals surface area contributed by atoms with Crippen LogP contribution in [0.5, 0.6) is 0 Å². The summed E-state index contributed by atoms with van der Waals surface area (Å²) in [6.45, 7) is 5.75. The number of allylic oxidation sites excluding steroid dienone is 11. The highest BCUT2D eigenvalue weighted by Crippen LogP contribution is 2.26. The van der Waals surface area contributed by atoms with Crippen molar-refractivity contribution in [2.45, 2.75) is 359 Å². The highest BCUT2D eigenvalue weighted by Gasteiger charge is 2.47. The van der Waals surface area contributed by atoms with Crippen LogP contribution >= 0.6 is 0 Å². The summed E-state index contributed by atoms with van der Waals surface area (Å²) >= 11 is 0. The van der Waals surface area contributed by atoms with Gasteiger partial charge >= 0.3 is 5.97 Å². The van der Waals surface area contributed by atoms with Crippen molar-refractivity contribution >= 4 is 11.9 Å². The average Bonchev–Trinajstić information content (AvgIpc) is 3.58. The van der Waals surface area contributed by atoms with E-state index < -0.39 is 67.4 Å². The van der Waals surface area contributed by atoms with Gasteiger partial charge in [-0.3, -0.25) is 9.59 Å². The number of carbonyl (C=O) groups is 2. The van der Waals surface area contributed by atoms with Gasteiger partial charge in [0.1, 0.15) is 24.4 Å². The second kappa shape index (κ2) is 59.4. The molecule has 1 saturated heterocycles. The zero-order chi connectivity index (χ0) is 60.3. The molecule has 0 radical (unpaired) electrons. The molecule has 0 aromatic heterocycles. The minimum Gasteiger partial charge on any atom is -0.454 e. The highest BCUT2D eigenvalue weighted by molar-refractivity contribution is 5.80. The van der Waals surface area contributed by atoms with Gasteiger partial charge in [0, 0.05) is 6.42 Å². The molecule has 0 aromatic carbocycles. The topological polar surface area (TPSA) is 175 Å². The van der Waals surface area contributed by atoms with Crippen molar-refractivity contribution in [1.82, 2.24) is 5.32 Å². The van der Waals surface area contributed by atoms with E-state index >= 15 is 0 Å². The number of aliphatic hydroxyl groups is 5. The quantitative estimate of drug-likeness (QED) is 0.0195. The van der Waals surface area contributed by atoms with Crippen LogP contribution in [-0.4, -0.2) is 99.6 Å². The fourth-order valence-electron chi connectivity index (χ4n) is 10.6. The van der Waals surface area contributed by atoms with Crippen LogP contribution in [0.4, 0.5) is 0 Å². The average molecular weight is 1170 g/mol. The second-order valence-electron chi connectivity index (χ2n) is 23.9. The van der Waals surface area contributed by atoms with Crippen molar-refractivity contribution < 1.29 is 49.3 Å². The molecule has 0 saturated carbocycles. The molecular weight excluding hydrogens is 1040 g/mol. The normalized spacial score (nSPS) is 19.0. The lowest BCUT2D eigenvalue weighted by atomic mass is 9.99. The number of esters is 1. The summed E-state index contributed by atoms with van der Waals surface area (Å²) in [4.78, 5) is 26.6. The largest absolute Gasteiger partial charge is 0.454 e. The lowest BCUT2D eigenvalue weighted by Gasteiger charge is -2.41. The molecule has 11 heteroatoms. The van der Waals surface area contributed by atoms with E-state index in [1.807, 2.05) is 6.08 Å². The maximum atomic E-state index is 13.5.